The van der Waals surface area contributed by atoms with Crippen molar-refractivity contribution in [3.05, 3.63) is 58.7 Å². The lowest BCUT2D eigenvalue weighted by Gasteiger charge is -2.06. The van der Waals surface area contributed by atoms with Gasteiger partial charge in [0, 0.05) is 32.6 Å². The van der Waals surface area contributed by atoms with E-state index in [2.05, 4.69) is 13.2 Å². The van der Waals surface area contributed by atoms with Gasteiger partial charge in [-0.2, -0.15) is 0 Å². The van der Waals surface area contributed by atoms with E-state index in [1.807, 2.05) is 12.3 Å². The first-order valence-electron chi connectivity index (χ1n) is 7.34. The Bertz CT molecular complexity index is 981. The molecule has 0 unspecified atom stereocenters. The summed E-state index contributed by atoms with van der Waals surface area (Å²) in [5, 5.41) is 11.9. The van der Waals surface area contributed by atoms with Crippen LogP contribution in [0, 0.1) is 12.7 Å². The van der Waals surface area contributed by atoms with Crippen LogP contribution in [0.4, 0.5) is 4.39 Å². The zero-order chi connectivity index (χ0) is 17.4. The van der Waals surface area contributed by atoms with E-state index in [9.17, 15) is 14.3 Å². The molecule has 1 aromatic carbocycles. The Morgan fingerprint density at radius 1 is 1.38 bits per heavy atom. The fourth-order valence-corrected chi connectivity index (χ4v) is 3.98. The Morgan fingerprint density at radius 2 is 2.12 bits per heavy atom. The number of hydrogen-bond acceptors (Lipinski definition) is 2. The van der Waals surface area contributed by atoms with Crippen LogP contribution in [0.2, 0.25) is 0 Å². The second kappa shape index (κ2) is 6.09. The Labute approximate surface area is 143 Å². The van der Waals surface area contributed by atoms with Gasteiger partial charge in [-0.1, -0.05) is 25.3 Å². The van der Waals surface area contributed by atoms with Crippen molar-refractivity contribution in [3.63, 3.8) is 0 Å². The zero-order valence-corrected chi connectivity index (χ0v) is 14.0. The Kier molecular flexibility index (Phi) is 4.11. The van der Waals surface area contributed by atoms with Crippen molar-refractivity contribution in [1.29, 1.82) is 0 Å². The summed E-state index contributed by atoms with van der Waals surface area (Å²) in [6, 6.07) is 4.42. The van der Waals surface area contributed by atoms with Gasteiger partial charge >= 0.3 is 5.97 Å². The van der Waals surface area contributed by atoms with Gasteiger partial charge in [0.05, 0.1) is 0 Å². The highest BCUT2D eigenvalue weighted by atomic mass is 32.1. The molecule has 0 radical (unpaired) electrons. The fourth-order valence-electron chi connectivity index (χ4n) is 3.08. The van der Waals surface area contributed by atoms with Gasteiger partial charge in [-0.15, -0.1) is 11.3 Å². The Hall–Kier alpha value is -2.66. The van der Waals surface area contributed by atoms with E-state index in [4.69, 9.17) is 0 Å². The largest absolute Gasteiger partial charge is 0.480 e. The molecule has 0 bridgehead atoms. The molecular weight excluding hydrogens is 325 g/mol. The van der Waals surface area contributed by atoms with Crippen LogP contribution in [0.25, 0.3) is 34.2 Å². The van der Waals surface area contributed by atoms with Crippen LogP contribution < -0.4 is 0 Å². The summed E-state index contributed by atoms with van der Waals surface area (Å²) in [5.74, 6) is -1.29. The lowest BCUT2D eigenvalue weighted by atomic mass is 9.99. The molecule has 24 heavy (non-hydrogen) atoms. The van der Waals surface area contributed by atoms with Gasteiger partial charge in [-0.05, 0) is 36.1 Å². The van der Waals surface area contributed by atoms with Crippen molar-refractivity contribution >= 4 is 40.4 Å². The molecule has 0 spiro atoms. The number of fused-ring (bicyclic) bond motifs is 1. The summed E-state index contributed by atoms with van der Waals surface area (Å²) in [6.07, 6.45) is 3.51. The van der Waals surface area contributed by atoms with Crippen LogP contribution in [-0.2, 0) is 11.3 Å². The number of halogens is 1. The summed E-state index contributed by atoms with van der Waals surface area (Å²) in [4.78, 5) is 12.2. The van der Waals surface area contributed by atoms with Crippen LogP contribution in [0.5, 0.6) is 0 Å². The number of carboxylic acids is 1. The molecule has 3 nitrogen and oxygen atoms in total. The van der Waals surface area contributed by atoms with Crippen LogP contribution in [0.1, 0.15) is 16.1 Å². The maximum atomic E-state index is 13.8. The highest BCUT2D eigenvalue weighted by Crippen LogP contribution is 2.40. The van der Waals surface area contributed by atoms with Gasteiger partial charge in [0.15, 0.2) is 0 Å². The number of nitrogens with zero attached hydrogens (tertiary/aromatic N) is 1. The monoisotopic (exact) mass is 341 g/mol. The molecule has 3 rings (SSSR count). The van der Waals surface area contributed by atoms with Gasteiger partial charge < -0.3 is 9.67 Å². The van der Waals surface area contributed by atoms with Crippen LogP contribution in [0.3, 0.4) is 0 Å². The van der Waals surface area contributed by atoms with Crippen molar-refractivity contribution in [2.75, 3.05) is 0 Å². The molecule has 0 amide bonds. The van der Waals surface area contributed by atoms with Crippen molar-refractivity contribution in [1.82, 2.24) is 4.57 Å². The van der Waals surface area contributed by atoms with Crippen molar-refractivity contribution < 1.29 is 14.3 Å². The topological polar surface area (TPSA) is 42.2 Å². The molecule has 0 aliphatic heterocycles. The van der Waals surface area contributed by atoms with Crippen molar-refractivity contribution in [3.8, 4) is 11.1 Å². The number of hydrogen-bond donors (Lipinski definition) is 1. The van der Waals surface area contributed by atoms with Crippen LogP contribution >= 0.6 is 11.3 Å². The van der Waals surface area contributed by atoms with Gasteiger partial charge in [-0.3, -0.25) is 4.79 Å². The molecule has 2 heterocycles. The third-order valence-electron chi connectivity index (χ3n) is 4.10. The average Bonchev–Trinajstić information content (AvgIpc) is 3.05. The second-order valence-electron chi connectivity index (χ2n) is 5.44. The maximum Gasteiger partial charge on any atom is 0.323 e. The van der Waals surface area contributed by atoms with Gasteiger partial charge in [0.1, 0.15) is 12.4 Å². The molecule has 0 fully saturated rings. The molecule has 0 saturated heterocycles. The van der Waals surface area contributed by atoms with Crippen molar-refractivity contribution in [2.45, 2.75) is 13.5 Å². The average molecular weight is 341 g/mol. The SMILES string of the molecule is C=Cc1scc(-c2c(C)n(CC(=O)O)c3ccc(F)cc23)c1C=C. The molecule has 5 heteroatoms. The van der Waals surface area contributed by atoms with Crippen LogP contribution in [-0.4, -0.2) is 15.6 Å². The molecular formula is C19H16FNO2S. The van der Waals surface area contributed by atoms with Gasteiger partial charge in [0.25, 0.3) is 0 Å². The first kappa shape index (κ1) is 16.2. The van der Waals surface area contributed by atoms with E-state index < -0.39 is 5.97 Å². The van der Waals surface area contributed by atoms with E-state index in [0.717, 1.165) is 27.3 Å². The molecule has 3 aromatic rings. The predicted octanol–water partition coefficient (Wildman–Crippen LogP) is 5.19. The first-order chi connectivity index (χ1) is 11.5. The smallest absolute Gasteiger partial charge is 0.323 e. The number of rotatable bonds is 5. The normalized spacial score (nSPS) is 10.9. The highest BCUT2D eigenvalue weighted by Gasteiger charge is 2.20. The fraction of sp³-hybridized carbons (Fsp3) is 0.105. The van der Waals surface area contributed by atoms with E-state index in [-0.39, 0.29) is 12.4 Å². The lowest BCUT2D eigenvalue weighted by Crippen LogP contribution is -2.09. The number of aromatic nitrogens is 1. The molecule has 0 aliphatic rings. The van der Waals surface area contributed by atoms with Crippen LogP contribution in [0.15, 0.2) is 36.7 Å². The van der Waals surface area contributed by atoms with E-state index in [1.165, 1.54) is 23.5 Å². The number of carboxylic acid groups (broad SMARTS) is 1. The standard InChI is InChI=1S/C19H16FNO2S/c1-4-13-15(10-24-17(13)5-2)19-11(3)21(9-18(22)23)16-7-6-12(20)8-14(16)19/h4-8,10H,1-2,9H2,3H3,(H,22,23). The summed E-state index contributed by atoms with van der Waals surface area (Å²) < 4.78 is 15.5. The lowest BCUT2D eigenvalue weighted by molar-refractivity contribution is -0.137. The molecule has 1 N–H and O–H groups in total. The minimum absolute atomic E-state index is 0.171. The summed E-state index contributed by atoms with van der Waals surface area (Å²) in [6.45, 7) is 9.36. The minimum Gasteiger partial charge on any atom is -0.480 e. The summed E-state index contributed by atoms with van der Waals surface area (Å²) in [5.41, 5.74) is 4.17. The molecule has 122 valence electrons. The first-order valence-corrected chi connectivity index (χ1v) is 8.22. The Balaban J connectivity index is 2.39. The highest BCUT2D eigenvalue weighted by molar-refractivity contribution is 7.11. The second-order valence-corrected chi connectivity index (χ2v) is 6.35. The summed E-state index contributed by atoms with van der Waals surface area (Å²) >= 11 is 1.53. The van der Waals surface area contributed by atoms with Crippen molar-refractivity contribution in [2.24, 2.45) is 0 Å². The van der Waals surface area contributed by atoms with Gasteiger partial charge in [0.2, 0.25) is 0 Å². The molecule has 0 aliphatic carbocycles. The van der Waals surface area contributed by atoms with E-state index in [1.54, 1.807) is 22.8 Å². The molecule has 0 atom stereocenters. The quantitative estimate of drug-likeness (QED) is 0.694. The molecule has 2 aromatic heterocycles. The maximum absolute atomic E-state index is 13.8. The summed E-state index contributed by atoms with van der Waals surface area (Å²) in [7, 11) is 0. The third-order valence-corrected chi connectivity index (χ3v) is 5.09. The van der Waals surface area contributed by atoms with E-state index in [0.29, 0.717) is 10.9 Å². The number of benzene rings is 1. The van der Waals surface area contributed by atoms with E-state index >= 15 is 0 Å². The Morgan fingerprint density at radius 3 is 2.75 bits per heavy atom. The predicted molar refractivity (Wildman–Crippen MR) is 97.8 cm³/mol. The van der Waals surface area contributed by atoms with Gasteiger partial charge in [-0.25, -0.2) is 4.39 Å². The zero-order valence-electron chi connectivity index (χ0n) is 13.2. The third kappa shape index (κ3) is 2.47. The number of carbonyl (C=O) groups is 1. The minimum atomic E-state index is -0.938. The molecule has 0 saturated carbocycles. The number of thiophene rings is 1. The number of aliphatic carboxylic acids is 1.